The van der Waals surface area contributed by atoms with Crippen molar-refractivity contribution in [3.8, 4) is 0 Å². The van der Waals surface area contributed by atoms with Crippen LogP contribution in [0.1, 0.15) is 41.2 Å². The standard InChI is InChI=1S/C16H11ClF6N4OS/c1-6-2-8(6)12-13(16(21,22)23)29-14-24-7(3-11(28)27(12)14)5-26-10(17)4-9(25-26)15(18,19)20/h3-4,6,8H,2,5H2,1H3/t6?,8-/m0/s1. The van der Waals surface area contributed by atoms with Crippen LogP contribution in [0.4, 0.5) is 26.3 Å². The van der Waals surface area contributed by atoms with Crippen molar-refractivity contribution in [1.82, 2.24) is 19.2 Å². The summed E-state index contributed by atoms with van der Waals surface area (Å²) in [6.07, 6.45) is -8.82. The molecule has 0 aliphatic heterocycles. The summed E-state index contributed by atoms with van der Waals surface area (Å²) in [5, 5.41) is 2.99. The number of hydrogen-bond acceptors (Lipinski definition) is 4. The van der Waals surface area contributed by atoms with Crippen LogP contribution in [-0.2, 0) is 18.9 Å². The summed E-state index contributed by atoms with van der Waals surface area (Å²) in [6.45, 7) is 1.40. The van der Waals surface area contributed by atoms with E-state index in [9.17, 15) is 31.1 Å². The smallest absolute Gasteiger partial charge is 0.269 e. The highest BCUT2D eigenvalue weighted by atomic mass is 35.5. The fraction of sp³-hybridized carbons (Fsp3) is 0.438. The summed E-state index contributed by atoms with van der Waals surface area (Å²) >= 11 is 6.10. The number of hydrogen-bond donors (Lipinski definition) is 0. The van der Waals surface area contributed by atoms with Gasteiger partial charge in [-0.3, -0.25) is 9.20 Å². The first-order valence-electron chi connectivity index (χ1n) is 8.29. The first kappa shape index (κ1) is 20.2. The van der Waals surface area contributed by atoms with E-state index in [1.165, 1.54) is 0 Å². The highest BCUT2D eigenvalue weighted by molar-refractivity contribution is 7.17. The first-order valence-corrected chi connectivity index (χ1v) is 9.49. The lowest BCUT2D eigenvalue weighted by atomic mass is 10.2. The number of nitrogens with zero attached hydrogens (tertiary/aromatic N) is 4. The molecule has 13 heteroatoms. The molecule has 0 amide bonds. The highest BCUT2D eigenvalue weighted by Gasteiger charge is 2.46. The molecule has 0 aromatic carbocycles. The zero-order chi connectivity index (χ0) is 21.3. The molecule has 4 rings (SSSR count). The lowest BCUT2D eigenvalue weighted by Gasteiger charge is -2.07. The van der Waals surface area contributed by atoms with E-state index in [1.54, 1.807) is 6.92 Å². The first-order chi connectivity index (χ1) is 13.4. The lowest BCUT2D eigenvalue weighted by Crippen LogP contribution is -2.19. The molecular formula is C16H11ClF6N4OS. The molecule has 3 aromatic heterocycles. The molecule has 5 nitrogen and oxygen atoms in total. The minimum atomic E-state index is -4.71. The van der Waals surface area contributed by atoms with Crippen LogP contribution in [0.2, 0.25) is 5.15 Å². The van der Waals surface area contributed by atoms with Crippen molar-refractivity contribution in [3.63, 3.8) is 0 Å². The number of halogens is 7. The molecule has 1 saturated carbocycles. The van der Waals surface area contributed by atoms with Crippen LogP contribution in [0, 0.1) is 5.92 Å². The van der Waals surface area contributed by atoms with E-state index < -0.39 is 35.0 Å². The average Bonchev–Trinajstić information content (AvgIpc) is 2.99. The molecular weight excluding hydrogens is 446 g/mol. The molecule has 0 saturated heterocycles. The van der Waals surface area contributed by atoms with E-state index in [1.807, 2.05) is 0 Å². The van der Waals surface area contributed by atoms with Crippen LogP contribution in [0.3, 0.4) is 0 Å². The molecule has 1 fully saturated rings. The van der Waals surface area contributed by atoms with Crippen molar-refractivity contribution < 1.29 is 26.3 Å². The molecule has 0 bridgehead atoms. The Bertz CT molecular complexity index is 1160. The molecule has 0 spiro atoms. The number of fused-ring (bicyclic) bond motifs is 1. The van der Waals surface area contributed by atoms with Crippen LogP contribution in [-0.4, -0.2) is 19.2 Å². The van der Waals surface area contributed by atoms with Gasteiger partial charge in [0.05, 0.1) is 17.9 Å². The van der Waals surface area contributed by atoms with Gasteiger partial charge in [-0.1, -0.05) is 29.9 Å². The van der Waals surface area contributed by atoms with Crippen molar-refractivity contribution in [3.05, 3.63) is 49.6 Å². The SMILES string of the molecule is CC1C[C@@H]1c1c(C(F)(F)F)sc2nc(Cn3nc(C(F)(F)F)cc3Cl)cc(=O)n12. The maximum atomic E-state index is 13.5. The van der Waals surface area contributed by atoms with E-state index in [0.29, 0.717) is 23.8 Å². The zero-order valence-electron chi connectivity index (χ0n) is 14.5. The number of rotatable bonds is 3. The van der Waals surface area contributed by atoms with Gasteiger partial charge in [0.1, 0.15) is 10.0 Å². The van der Waals surface area contributed by atoms with Gasteiger partial charge in [0.25, 0.3) is 5.56 Å². The summed E-state index contributed by atoms with van der Waals surface area (Å²) in [6, 6.07) is 1.61. The topological polar surface area (TPSA) is 52.2 Å². The van der Waals surface area contributed by atoms with E-state index in [4.69, 9.17) is 11.6 Å². The predicted octanol–water partition coefficient (Wildman–Crippen LogP) is 4.82. The van der Waals surface area contributed by atoms with Gasteiger partial charge in [0.2, 0.25) is 0 Å². The number of alkyl halides is 6. The molecule has 1 aliphatic rings. The Kier molecular flexibility index (Phi) is 4.50. The van der Waals surface area contributed by atoms with Gasteiger partial charge in [-0.25, -0.2) is 9.67 Å². The summed E-state index contributed by atoms with van der Waals surface area (Å²) < 4.78 is 80.4. The zero-order valence-corrected chi connectivity index (χ0v) is 16.0. The molecule has 3 heterocycles. The van der Waals surface area contributed by atoms with Gasteiger partial charge in [-0.15, -0.1) is 0 Å². The maximum Gasteiger partial charge on any atom is 0.435 e. The monoisotopic (exact) mass is 456 g/mol. The largest absolute Gasteiger partial charge is 0.435 e. The molecule has 2 atom stereocenters. The molecule has 156 valence electrons. The summed E-state index contributed by atoms with van der Waals surface area (Å²) in [5.74, 6) is -0.371. The van der Waals surface area contributed by atoms with Crippen molar-refractivity contribution in [1.29, 1.82) is 0 Å². The Morgan fingerprint density at radius 1 is 1.21 bits per heavy atom. The molecule has 0 N–H and O–H groups in total. The molecule has 1 unspecified atom stereocenters. The van der Waals surface area contributed by atoms with Gasteiger partial charge in [-0.2, -0.15) is 31.4 Å². The molecule has 29 heavy (non-hydrogen) atoms. The predicted molar refractivity (Wildman–Crippen MR) is 92.2 cm³/mol. The Balaban J connectivity index is 1.79. The van der Waals surface area contributed by atoms with Crippen LogP contribution in [0.25, 0.3) is 4.96 Å². The lowest BCUT2D eigenvalue weighted by molar-refractivity contribution is -0.141. The van der Waals surface area contributed by atoms with Crippen LogP contribution in [0.5, 0.6) is 0 Å². The van der Waals surface area contributed by atoms with Gasteiger partial charge in [0, 0.05) is 18.1 Å². The molecule has 1 aliphatic carbocycles. The second kappa shape index (κ2) is 6.46. The molecule has 3 aromatic rings. The Hall–Kier alpha value is -2.08. The van der Waals surface area contributed by atoms with Gasteiger partial charge in [-0.05, 0) is 12.3 Å². The quantitative estimate of drug-likeness (QED) is 0.531. The number of thiazole rings is 1. The van der Waals surface area contributed by atoms with Crippen molar-refractivity contribution in [2.45, 2.75) is 38.2 Å². The summed E-state index contributed by atoms with van der Waals surface area (Å²) in [5.41, 5.74) is -2.10. The van der Waals surface area contributed by atoms with Gasteiger partial charge >= 0.3 is 12.4 Å². The average molecular weight is 457 g/mol. The Morgan fingerprint density at radius 2 is 1.86 bits per heavy atom. The van der Waals surface area contributed by atoms with Crippen LogP contribution >= 0.6 is 22.9 Å². The second-order valence-corrected chi connectivity index (χ2v) is 8.21. The maximum absolute atomic E-state index is 13.5. The minimum absolute atomic E-state index is 0.0177. The fourth-order valence-corrected chi connectivity index (χ4v) is 4.45. The van der Waals surface area contributed by atoms with E-state index in [0.717, 1.165) is 15.1 Å². The van der Waals surface area contributed by atoms with E-state index in [-0.39, 0.29) is 33.3 Å². The van der Waals surface area contributed by atoms with Gasteiger partial charge < -0.3 is 0 Å². The van der Waals surface area contributed by atoms with Crippen molar-refractivity contribution in [2.75, 3.05) is 0 Å². The highest BCUT2D eigenvalue weighted by Crippen LogP contribution is 2.52. The van der Waals surface area contributed by atoms with E-state index in [2.05, 4.69) is 10.1 Å². The third-order valence-corrected chi connectivity index (χ3v) is 6.06. The van der Waals surface area contributed by atoms with Gasteiger partial charge in [0.15, 0.2) is 10.7 Å². The summed E-state index contributed by atoms with van der Waals surface area (Å²) in [7, 11) is 0. The third kappa shape index (κ3) is 3.63. The Labute approximate surface area is 167 Å². The third-order valence-electron chi connectivity index (χ3n) is 4.66. The minimum Gasteiger partial charge on any atom is -0.269 e. The van der Waals surface area contributed by atoms with E-state index >= 15 is 0 Å². The normalized spacial score (nSPS) is 19.9. The Morgan fingerprint density at radius 3 is 2.38 bits per heavy atom. The van der Waals surface area contributed by atoms with Crippen molar-refractivity contribution in [2.24, 2.45) is 5.92 Å². The van der Waals surface area contributed by atoms with Crippen LogP contribution in [0.15, 0.2) is 16.9 Å². The van der Waals surface area contributed by atoms with Crippen LogP contribution < -0.4 is 5.56 Å². The fourth-order valence-electron chi connectivity index (χ4n) is 3.16. The number of aromatic nitrogens is 4. The second-order valence-electron chi connectivity index (χ2n) is 6.85. The van der Waals surface area contributed by atoms with Crippen molar-refractivity contribution >= 4 is 27.9 Å². The summed E-state index contributed by atoms with van der Waals surface area (Å²) in [4.78, 5) is 15.6. The molecule has 0 radical (unpaired) electrons.